The third-order valence-corrected chi connectivity index (χ3v) is 2.82. The summed E-state index contributed by atoms with van der Waals surface area (Å²) in [4.78, 5) is 10.6. The maximum Gasteiger partial charge on any atom is 0.338 e. The van der Waals surface area contributed by atoms with Gasteiger partial charge in [-0.05, 0) is 30.7 Å². The van der Waals surface area contributed by atoms with Crippen LogP contribution in [0.25, 0.3) is 0 Å². The lowest BCUT2D eigenvalue weighted by atomic mass is 9.96. The molecule has 0 radical (unpaired) electrons. The van der Waals surface area contributed by atoms with E-state index in [1.165, 1.54) is 0 Å². The third kappa shape index (κ3) is 1.90. The quantitative estimate of drug-likeness (QED) is 0.809. The number of halogens is 2. The van der Waals surface area contributed by atoms with Crippen LogP contribution in [0.15, 0.2) is 12.1 Å². The molecule has 86 valence electrons. The van der Waals surface area contributed by atoms with E-state index in [4.69, 9.17) is 5.11 Å². The van der Waals surface area contributed by atoms with Gasteiger partial charge in [-0.15, -0.1) is 0 Å². The number of benzene rings is 1. The number of rotatable bonds is 2. The molecule has 1 aromatic rings. The van der Waals surface area contributed by atoms with Gasteiger partial charge in [-0.25, -0.2) is 13.6 Å². The van der Waals surface area contributed by atoms with Crippen molar-refractivity contribution in [3.63, 3.8) is 0 Å². The predicted octanol–water partition coefficient (Wildman–Crippen LogP) is 1.74. The second kappa shape index (κ2) is 4.17. The lowest BCUT2D eigenvalue weighted by Gasteiger charge is -2.11. The topological polar surface area (TPSA) is 49.3 Å². The Labute approximate surface area is 91.1 Å². The molecule has 1 aromatic carbocycles. The van der Waals surface area contributed by atoms with Gasteiger partial charge >= 0.3 is 5.97 Å². The monoisotopic (exact) mass is 227 g/mol. The van der Waals surface area contributed by atoms with E-state index in [0.29, 0.717) is 6.54 Å². The number of hydrogen-bond donors (Lipinski definition) is 2. The van der Waals surface area contributed by atoms with Crippen LogP contribution < -0.4 is 5.32 Å². The summed E-state index contributed by atoms with van der Waals surface area (Å²) in [6.45, 7) is 1.37. The minimum Gasteiger partial charge on any atom is -0.478 e. The molecule has 0 amide bonds. The first kappa shape index (κ1) is 11.0. The molecule has 3 nitrogen and oxygen atoms in total. The number of carboxylic acid groups (broad SMARTS) is 1. The summed E-state index contributed by atoms with van der Waals surface area (Å²) in [5.74, 6) is -3.05. The van der Waals surface area contributed by atoms with Crippen molar-refractivity contribution < 1.29 is 18.7 Å². The lowest BCUT2D eigenvalue weighted by Crippen LogP contribution is -2.11. The minimum absolute atomic E-state index is 0.0719. The fraction of sp³-hybridized carbons (Fsp3) is 0.364. The number of nitrogens with one attached hydrogen (secondary N) is 1. The van der Waals surface area contributed by atoms with Gasteiger partial charge in [-0.2, -0.15) is 0 Å². The number of hydrogen-bond acceptors (Lipinski definition) is 2. The average Bonchev–Trinajstić information content (AvgIpc) is 2.73. The van der Waals surface area contributed by atoms with Crippen LogP contribution in [-0.2, 0) is 0 Å². The van der Waals surface area contributed by atoms with Crippen molar-refractivity contribution in [1.82, 2.24) is 5.32 Å². The molecular weight excluding hydrogens is 216 g/mol. The number of carbonyl (C=O) groups is 1. The molecule has 1 saturated heterocycles. The summed E-state index contributed by atoms with van der Waals surface area (Å²) >= 11 is 0. The summed E-state index contributed by atoms with van der Waals surface area (Å²) in [5, 5.41) is 11.7. The Balaban J connectivity index is 2.40. The summed E-state index contributed by atoms with van der Waals surface area (Å²) in [5.41, 5.74) is -0.361. The molecule has 16 heavy (non-hydrogen) atoms. The molecule has 0 aliphatic carbocycles. The van der Waals surface area contributed by atoms with Gasteiger partial charge in [0.15, 0.2) is 0 Å². The fourth-order valence-electron chi connectivity index (χ4n) is 1.96. The maximum absolute atomic E-state index is 13.6. The Hall–Kier alpha value is -1.49. The molecule has 1 heterocycles. The maximum atomic E-state index is 13.6. The highest BCUT2D eigenvalue weighted by molar-refractivity contribution is 5.88. The van der Waals surface area contributed by atoms with Gasteiger partial charge in [0.2, 0.25) is 0 Å². The molecule has 0 aromatic heterocycles. The van der Waals surface area contributed by atoms with Crippen LogP contribution in [-0.4, -0.2) is 24.2 Å². The predicted molar refractivity (Wildman–Crippen MR) is 53.5 cm³/mol. The molecule has 0 bridgehead atoms. The largest absolute Gasteiger partial charge is 0.478 e. The molecule has 5 heteroatoms. The lowest BCUT2D eigenvalue weighted by molar-refractivity contribution is 0.0691. The smallest absolute Gasteiger partial charge is 0.338 e. The van der Waals surface area contributed by atoms with Crippen molar-refractivity contribution in [3.8, 4) is 0 Å². The van der Waals surface area contributed by atoms with Gasteiger partial charge in [-0.1, -0.05) is 0 Å². The van der Waals surface area contributed by atoms with E-state index in [2.05, 4.69) is 5.32 Å². The Bertz CT molecular complexity index is 428. The Morgan fingerprint density at radius 1 is 1.38 bits per heavy atom. The van der Waals surface area contributed by atoms with Crippen LogP contribution in [0.5, 0.6) is 0 Å². The second-order valence-corrected chi connectivity index (χ2v) is 3.85. The molecule has 0 saturated carbocycles. The molecule has 1 unspecified atom stereocenters. The molecule has 1 fully saturated rings. The summed E-state index contributed by atoms with van der Waals surface area (Å²) in [7, 11) is 0. The van der Waals surface area contributed by atoms with Crippen molar-refractivity contribution >= 4 is 5.97 Å². The van der Waals surface area contributed by atoms with E-state index in [1.54, 1.807) is 0 Å². The first-order valence-corrected chi connectivity index (χ1v) is 5.02. The summed E-state index contributed by atoms with van der Waals surface area (Å²) in [6.07, 6.45) is 0.739. The van der Waals surface area contributed by atoms with Crippen LogP contribution in [0, 0.1) is 11.6 Å². The van der Waals surface area contributed by atoms with Gasteiger partial charge in [-0.3, -0.25) is 0 Å². The Kier molecular flexibility index (Phi) is 2.87. The minimum atomic E-state index is -1.45. The zero-order chi connectivity index (χ0) is 11.7. The van der Waals surface area contributed by atoms with Gasteiger partial charge in [0, 0.05) is 12.5 Å². The fourth-order valence-corrected chi connectivity index (χ4v) is 1.96. The van der Waals surface area contributed by atoms with E-state index in [-0.39, 0.29) is 11.5 Å². The first-order chi connectivity index (χ1) is 7.59. The molecule has 1 aliphatic heterocycles. The Morgan fingerprint density at radius 3 is 2.69 bits per heavy atom. The van der Waals surface area contributed by atoms with Crippen molar-refractivity contribution in [2.45, 2.75) is 12.3 Å². The molecule has 2 rings (SSSR count). The highest BCUT2D eigenvalue weighted by atomic mass is 19.1. The van der Waals surface area contributed by atoms with E-state index >= 15 is 0 Å². The molecule has 1 atom stereocenters. The van der Waals surface area contributed by atoms with Crippen molar-refractivity contribution in [2.75, 3.05) is 13.1 Å². The summed E-state index contributed by atoms with van der Waals surface area (Å²) in [6, 6.07) is 1.75. The second-order valence-electron chi connectivity index (χ2n) is 3.85. The Morgan fingerprint density at radius 2 is 2.12 bits per heavy atom. The molecule has 0 spiro atoms. The van der Waals surface area contributed by atoms with Crippen LogP contribution in [0.4, 0.5) is 8.78 Å². The third-order valence-electron chi connectivity index (χ3n) is 2.82. The first-order valence-electron chi connectivity index (χ1n) is 5.02. The number of aromatic carboxylic acids is 1. The SMILES string of the molecule is O=C(O)c1cc(F)c(C2CCNC2)cc1F. The van der Waals surface area contributed by atoms with E-state index in [1.807, 2.05) is 0 Å². The van der Waals surface area contributed by atoms with Gasteiger partial charge in [0.1, 0.15) is 11.6 Å². The average molecular weight is 227 g/mol. The van der Waals surface area contributed by atoms with Crippen LogP contribution in [0.1, 0.15) is 28.3 Å². The van der Waals surface area contributed by atoms with Gasteiger partial charge < -0.3 is 10.4 Å². The van der Waals surface area contributed by atoms with Crippen LogP contribution in [0.3, 0.4) is 0 Å². The molecule has 2 N–H and O–H groups in total. The van der Waals surface area contributed by atoms with Gasteiger partial charge in [0.05, 0.1) is 5.56 Å². The normalized spacial score (nSPS) is 20.0. The van der Waals surface area contributed by atoms with E-state index in [9.17, 15) is 13.6 Å². The van der Waals surface area contributed by atoms with Crippen LogP contribution >= 0.6 is 0 Å². The molecule has 1 aliphatic rings. The molecular formula is C11H11F2NO2. The highest BCUT2D eigenvalue weighted by Gasteiger charge is 2.23. The van der Waals surface area contributed by atoms with Gasteiger partial charge in [0.25, 0.3) is 0 Å². The van der Waals surface area contributed by atoms with Crippen molar-refractivity contribution in [1.29, 1.82) is 0 Å². The standard InChI is InChI=1S/C11H11F2NO2/c12-9-4-8(11(15)16)10(13)3-7(9)6-1-2-14-5-6/h3-4,6,14H,1-2,5H2,(H,15,16). The number of carboxylic acids is 1. The zero-order valence-corrected chi connectivity index (χ0v) is 8.46. The van der Waals surface area contributed by atoms with Crippen LogP contribution in [0.2, 0.25) is 0 Å². The zero-order valence-electron chi connectivity index (χ0n) is 8.46. The van der Waals surface area contributed by atoms with E-state index in [0.717, 1.165) is 25.1 Å². The van der Waals surface area contributed by atoms with Crippen molar-refractivity contribution in [2.24, 2.45) is 0 Å². The van der Waals surface area contributed by atoms with E-state index < -0.39 is 23.2 Å². The summed E-state index contributed by atoms with van der Waals surface area (Å²) < 4.78 is 27.0. The van der Waals surface area contributed by atoms with Crippen molar-refractivity contribution in [3.05, 3.63) is 34.9 Å². The highest BCUT2D eigenvalue weighted by Crippen LogP contribution is 2.27.